The van der Waals surface area contributed by atoms with Gasteiger partial charge in [0.25, 0.3) is 0 Å². The summed E-state index contributed by atoms with van der Waals surface area (Å²) in [5.74, 6) is 7.02. The molecule has 0 heterocycles. The Labute approximate surface area is 96.5 Å². The Bertz CT molecular complexity index is 311. The highest BCUT2D eigenvalue weighted by molar-refractivity contribution is 5.81. The van der Waals surface area contributed by atoms with Crippen LogP contribution >= 0.6 is 0 Å². The number of amidine groups is 1. The number of para-hydroxylation sites is 1. The van der Waals surface area contributed by atoms with Crippen LogP contribution in [0.15, 0.2) is 35.3 Å². The second-order valence-corrected chi connectivity index (χ2v) is 3.38. The van der Waals surface area contributed by atoms with E-state index in [9.17, 15) is 0 Å². The smallest absolute Gasteiger partial charge is 0.119 e. The van der Waals surface area contributed by atoms with Crippen LogP contribution in [0.1, 0.15) is 19.8 Å². The lowest BCUT2D eigenvalue weighted by Crippen LogP contribution is -2.31. The minimum Gasteiger partial charge on any atom is -0.493 e. The molecule has 0 radical (unpaired) electrons. The fourth-order valence-corrected chi connectivity index (χ4v) is 1.23. The number of nitrogens with zero attached hydrogens (tertiary/aromatic N) is 1. The van der Waals surface area contributed by atoms with E-state index in [-0.39, 0.29) is 0 Å². The minimum atomic E-state index is 0.580. The number of hydrazine groups is 1. The van der Waals surface area contributed by atoms with E-state index in [2.05, 4.69) is 17.3 Å². The Morgan fingerprint density at radius 2 is 2.12 bits per heavy atom. The summed E-state index contributed by atoms with van der Waals surface area (Å²) in [7, 11) is 0. The SMILES string of the molecule is CCCN=C(CCOc1ccccc1)NN. The van der Waals surface area contributed by atoms with Crippen molar-refractivity contribution in [2.75, 3.05) is 13.2 Å². The first-order chi connectivity index (χ1) is 7.86. The number of benzene rings is 1. The van der Waals surface area contributed by atoms with Crippen molar-refractivity contribution in [2.24, 2.45) is 10.8 Å². The summed E-state index contributed by atoms with van der Waals surface area (Å²) in [6, 6.07) is 9.71. The van der Waals surface area contributed by atoms with Crippen LogP contribution in [0.3, 0.4) is 0 Å². The van der Waals surface area contributed by atoms with Gasteiger partial charge >= 0.3 is 0 Å². The molecular weight excluding hydrogens is 202 g/mol. The fourth-order valence-electron chi connectivity index (χ4n) is 1.23. The molecule has 0 amide bonds. The van der Waals surface area contributed by atoms with E-state index in [4.69, 9.17) is 10.6 Å². The predicted octanol–water partition coefficient (Wildman–Crippen LogP) is 1.73. The average Bonchev–Trinajstić information content (AvgIpc) is 2.35. The van der Waals surface area contributed by atoms with Crippen LogP contribution in [0.4, 0.5) is 0 Å². The van der Waals surface area contributed by atoms with E-state index in [0.29, 0.717) is 13.0 Å². The lowest BCUT2D eigenvalue weighted by atomic mass is 10.3. The lowest BCUT2D eigenvalue weighted by molar-refractivity contribution is 0.328. The number of hydrogen-bond acceptors (Lipinski definition) is 3. The Kier molecular flexibility index (Phi) is 6.03. The van der Waals surface area contributed by atoms with Crippen LogP contribution in [0.5, 0.6) is 5.75 Å². The monoisotopic (exact) mass is 221 g/mol. The van der Waals surface area contributed by atoms with Crippen LogP contribution < -0.4 is 16.0 Å². The summed E-state index contributed by atoms with van der Waals surface area (Å²) < 4.78 is 5.54. The number of nitrogens with one attached hydrogen (secondary N) is 1. The zero-order valence-electron chi connectivity index (χ0n) is 9.65. The molecule has 0 unspecified atom stereocenters. The Morgan fingerprint density at radius 1 is 1.38 bits per heavy atom. The molecule has 0 saturated carbocycles. The van der Waals surface area contributed by atoms with Crippen molar-refractivity contribution in [2.45, 2.75) is 19.8 Å². The van der Waals surface area contributed by atoms with Crippen molar-refractivity contribution >= 4 is 5.84 Å². The van der Waals surface area contributed by atoms with Crippen molar-refractivity contribution in [1.29, 1.82) is 0 Å². The van der Waals surface area contributed by atoms with Gasteiger partial charge in [-0.2, -0.15) is 0 Å². The molecule has 4 heteroatoms. The summed E-state index contributed by atoms with van der Waals surface area (Å²) in [5.41, 5.74) is 2.59. The van der Waals surface area contributed by atoms with Crippen molar-refractivity contribution in [3.05, 3.63) is 30.3 Å². The molecule has 0 atom stereocenters. The maximum Gasteiger partial charge on any atom is 0.119 e. The normalized spacial score (nSPS) is 11.2. The van der Waals surface area contributed by atoms with E-state index in [1.807, 2.05) is 30.3 Å². The van der Waals surface area contributed by atoms with E-state index < -0.39 is 0 Å². The van der Waals surface area contributed by atoms with Gasteiger partial charge in [0.15, 0.2) is 0 Å². The molecule has 1 rings (SSSR count). The first kappa shape index (κ1) is 12.5. The van der Waals surface area contributed by atoms with Gasteiger partial charge < -0.3 is 10.2 Å². The molecule has 1 aromatic rings. The van der Waals surface area contributed by atoms with Crippen LogP contribution in [0.2, 0.25) is 0 Å². The Balaban J connectivity index is 2.28. The Morgan fingerprint density at radius 3 is 2.75 bits per heavy atom. The highest BCUT2D eigenvalue weighted by atomic mass is 16.5. The van der Waals surface area contributed by atoms with Gasteiger partial charge in [0, 0.05) is 13.0 Å². The van der Waals surface area contributed by atoms with Gasteiger partial charge in [0.1, 0.15) is 11.6 Å². The number of ether oxygens (including phenoxy) is 1. The lowest BCUT2D eigenvalue weighted by Gasteiger charge is -2.07. The van der Waals surface area contributed by atoms with Crippen molar-refractivity contribution < 1.29 is 4.74 Å². The highest BCUT2D eigenvalue weighted by Gasteiger charge is 1.97. The maximum atomic E-state index is 5.54. The molecular formula is C12H19N3O. The van der Waals surface area contributed by atoms with Gasteiger partial charge in [0.2, 0.25) is 0 Å². The third kappa shape index (κ3) is 4.79. The van der Waals surface area contributed by atoms with E-state index >= 15 is 0 Å². The van der Waals surface area contributed by atoms with Crippen LogP contribution in [-0.2, 0) is 0 Å². The van der Waals surface area contributed by atoms with Crippen LogP contribution in [0.25, 0.3) is 0 Å². The minimum absolute atomic E-state index is 0.580. The quantitative estimate of drug-likeness (QED) is 0.333. The molecule has 88 valence electrons. The van der Waals surface area contributed by atoms with E-state index in [0.717, 1.165) is 24.6 Å². The first-order valence-electron chi connectivity index (χ1n) is 5.54. The number of aliphatic imine (C=N–C) groups is 1. The molecule has 1 aromatic carbocycles. The summed E-state index contributed by atoms with van der Waals surface area (Å²) in [6.45, 7) is 3.46. The number of hydrogen-bond donors (Lipinski definition) is 2. The number of nitrogens with two attached hydrogens (primary N) is 1. The van der Waals surface area contributed by atoms with Gasteiger partial charge in [-0.25, -0.2) is 5.84 Å². The van der Waals surface area contributed by atoms with Crippen LogP contribution in [0, 0.1) is 0 Å². The molecule has 4 nitrogen and oxygen atoms in total. The third-order valence-electron chi connectivity index (χ3n) is 2.04. The molecule has 0 aliphatic heterocycles. The van der Waals surface area contributed by atoms with Gasteiger partial charge in [0.05, 0.1) is 6.61 Å². The zero-order chi connectivity index (χ0) is 11.6. The van der Waals surface area contributed by atoms with Gasteiger partial charge in [-0.05, 0) is 18.6 Å². The van der Waals surface area contributed by atoms with Crippen molar-refractivity contribution in [3.63, 3.8) is 0 Å². The average molecular weight is 221 g/mol. The molecule has 0 aliphatic rings. The molecule has 0 fully saturated rings. The Hall–Kier alpha value is -1.55. The fraction of sp³-hybridized carbons (Fsp3) is 0.417. The van der Waals surface area contributed by atoms with E-state index in [1.54, 1.807) is 0 Å². The molecule has 0 saturated heterocycles. The summed E-state index contributed by atoms with van der Waals surface area (Å²) >= 11 is 0. The predicted molar refractivity (Wildman–Crippen MR) is 66.5 cm³/mol. The van der Waals surface area contributed by atoms with Gasteiger partial charge in [-0.3, -0.25) is 4.99 Å². The zero-order valence-corrected chi connectivity index (χ0v) is 9.65. The molecule has 16 heavy (non-hydrogen) atoms. The van der Waals surface area contributed by atoms with Crippen LogP contribution in [-0.4, -0.2) is 19.0 Å². The summed E-state index contributed by atoms with van der Waals surface area (Å²) in [4.78, 5) is 4.29. The maximum absolute atomic E-state index is 5.54. The molecule has 0 aliphatic carbocycles. The van der Waals surface area contributed by atoms with Gasteiger partial charge in [-0.15, -0.1) is 0 Å². The van der Waals surface area contributed by atoms with Crippen molar-refractivity contribution in [1.82, 2.24) is 5.43 Å². The largest absolute Gasteiger partial charge is 0.493 e. The second kappa shape index (κ2) is 7.70. The first-order valence-corrected chi connectivity index (χ1v) is 5.54. The summed E-state index contributed by atoms with van der Waals surface area (Å²) in [6.07, 6.45) is 1.72. The second-order valence-electron chi connectivity index (χ2n) is 3.38. The molecule has 0 spiro atoms. The molecule has 0 bridgehead atoms. The number of rotatable bonds is 6. The van der Waals surface area contributed by atoms with E-state index in [1.165, 1.54) is 0 Å². The molecule has 3 N–H and O–H groups in total. The standard InChI is InChI=1S/C12H19N3O/c1-2-9-14-12(15-13)8-10-16-11-6-4-3-5-7-11/h3-7H,2,8-10,13H2,1H3,(H,14,15). The van der Waals surface area contributed by atoms with Gasteiger partial charge in [-0.1, -0.05) is 25.1 Å². The molecule has 0 aromatic heterocycles. The third-order valence-corrected chi connectivity index (χ3v) is 2.04. The summed E-state index contributed by atoms with van der Waals surface area (Å²) in [5, 5.41) is 0. The topological polar surface area (TPSA) is 59.6 Å². The highest BCUT2D eigenvalue weighted by Crippen LogP contribution is 2.08. The van der Waals surface area contributed by atoms with Crippen molar-refractivity contribution in [3.8, 4) is 5.75 Å².